The van der Waals surface area contributed by atoms with E-state index in [1.54, 1.807) is 18.2 Å². The second-order valence-electron chi connectivity index (χ2n) is 3.00. The van der Waals surface area contributed by atoms with Crippen LogP contribution in [0.5, 0.6) is 0 Å². The second kappa shape index (κ2) is 4.91. The van der Waals surface area contributed by atoms with E-state index in [2.05, 4.69) is 0 Å². The number of carboxylic acid groups (broad SMARTS) is 1. The predicted molar refractivity (Wildman–Crippen MR) is 53.7 cm³/mol. The molecule has 0 radical (unpaired) electrons. The molecule has 15 heavy (non-hydrogen) atoms. The Labute approximate surface area is 91.1 Å². The normalized spacial score (nSPS) is 12.1. The Morgan fingerprint density at radius 1 is 1.40 bits per heavy atom. The molecule has 1 aromatic carbocycles. The summed E-state index contributed by atoms with van der Waals surface area (Å²) >= 11 is 5.68. The SMILES string of the molecule is O=C(O)C(=O)CC(O)c1cccc(Cl)c1. The van der Waals surface area contributed by atoms with Gasteiger partial charge in [0.1, 0.15) is 0 Å². The van der Waals surface area contributed by atoms with Crippen LogP contribution in [0.1, 0.15) is 18.1 Å². The summed E-state index contributed by atoms with van der Waals surface area (Å²) in [4.78, 5) is 21.1. The van der Waals surface area contributed by atoms with Crippen molar-refractivity contribution in [2.75, 3.05) is 0 Å². The first-order chi connectivity index (χ1) is 7.00. The van der Waals surface area contributed by atoms with Gasteiger partial charge in [0.25, 0.3) is 0 Å². The summed E-state index contributed by atoms with van der Waals surface area (Å²) in [6, 6.07) is 6.30. The number of rotatable bonds is 4. The summed E-state index contributed by atoms with van der Waals surface area (Å²) in [5.74, 6) is -2.57. The summed E-state index contributed by atoms with van der Waals surface area (Å²) in [5, 5.41) is 18.3. The Hall–Kier alpha value is -1.39. The van der Waals surface area contributed by atoms with Crippen LogP contribution in [0.15, 0.2) is 24.3 Å². The molecule has 1 atom stereocenters. The molecule has 0 aliphatic carbocycles. The molecule has 0 aromatic heterocycles. The number of carbonyl (C=O) groups excluding carboxylic acids is 1. The summed E-state index contributed by atoms with van der Waals surface area (Å²) in [5.41, 5.74) is 0.428. The Balaban J connectivity index is 2.73. The van der Waals surface area contributed by atoms with Gasteiger partial charge in [0.05, 0.1) is 6.10 Å². The fraction of sp³-hybridized carbons (Fsp3) is 0.200. The van der Waals surface area contributed by atoms with Crippen LogP contribution in [0.2, 0.25) is 5.02 Å². The number of ketones is 1. The molecule has 5 heteroatoms. The van der Waals surface area contributed by atoms with Crippen LogP contribution in [0, 0.1) is 0 Å². The minimum absolute atomic E-state index is 0.425. The van der Waals surface area contributed by atoms with Crippen molar-refractivity contribution in [3.63, 3.8) is 0 Å². The van der Waals surface area contributed by atoms with Crippen molar-refractivity contribution in [3.05, 3.63) is 34.9 Å². The van der Waals surface area contributed by atoms with E-state index < -0.39 is 24.3 Å². The molecular weight excluding hydrogens is 220 g/mol. The van der Waals surface area contributed by atoms with Crippen molar-refractivity contribution in [1.82, 2.24) is 0 Å². The average Bonchev–Trinajstić information content (AvgIpc) is 2.17. The van der Waals surface area contributed by atoms with E-state index in [1.165, 1.54) is 6.07 Å². The highest BCUT2D eigenvalue weighted by Crippen LogP contribution is 2.20. The molecule has 0 amide bonds. The van der Waals surface area contributed by atoms with Crippen LogP contribution in [0.4, 0.5) is 0 Å². The highest BCUT2D eigenvalue weighted by atomic mass is 35.5. The van der Waals surface area contributed by atoms with Gasteiger partial charge in [0.15, 0.2) is 0 Å². The van der Waals surface area contributed by atoms with Crippen LogP contribution in [-0.2, 0) is 9.59 Å². The molecule has 0 fully saturated rings. The third-order valence-corrected chi connectivity index (χ3v) is 2.09. The van der Waals surface area contributed by atoms with Gasteiger partial charge in [-0.3, -0.25) is 4.79 Å². The van der Waals surface area contributed by atoms with Crippen molar-refractivity contribution < 1.29 is 19.8 Å². The lowest BCUT2D eigenvalue weighted by molar-refractivity contribution is -0.150. The minimum atomic E-state index is -1.55. The number of hydrogen-bond acceptors (Lipinski definition) is 3. The maximum atomic E-state index is 10.8. The Kier molecular flexibility index (Phi) is 3.82. The third-order valence-electron chi connectivity index (χ3n) is 1.85. The van der Waals surface area contributed by atoms with Crippen molar-refractivity contribution in [2.45, 2.75) is 12.5 Å². The zero-order valence-corrected chi connectivity index (χ0v) is 8.44. The van der Waals surface area contributed by atoms with Gasteiger partial charge in [-0.2, -0.15) is 0 Å². The molecule has 1 unspecified atom stereocenters. The molecular formula is C10H9ClO4. The quantitative estimate of drug-likeness (QED) is 0.765. The van der Waals surface area contributed by atoms with Crippen LogP contribution in [-0.4, -0.2) is 22.0 Å². The molecule has 0 heterocycles. The molecule has 80 valence electrons. The van der Waals surface area contributed by atoms with Gasteiger partial charge >= 0.3 is 5.97 Å². The molecule has 0 bridgehead atoms. The van der Waals surface area contributed by atoms with Gasteiger partial charge in [-0.1, -0.05) is 23.7 Å². The van der Waals surface area contributed by atoms with Crippen LogP contribution in [0.25, 0.3) is 0 Å². The lowest BCUT2D eigenvalue weighted by atomic mass is 10.0. The molecule has 0 saturated carbocycles. The van der Waals surface area contributed by atoms with Gasteiger partial charge in [-0.05, 0) is 17.7 Å². The maximum Gasteiger partial charge on any atom is 0.372 e. The molecule has 1 aromatic rings. The number of aliphatic carboxylic acids is 1. The van der Waals surface area contributed by atoms with E-state index in [0.717, 1.165) is 0 Å². The van der Waals surface area contributed by atoms with Gasteiger partial charge < -0.3 is 10.2 Å². The lowest BCUT2D eigenvalue weighted by Gasteiger charge is -2.08. The Bertz CT molecular complexity index is 389. The summed E-state index contributed by atoms with van der Waals surface area (Å²) in [6.45, 7) is 0. The molecule has 0 aliphatic rings. The van der Waals surface area contributed by atoms with E-state index in [4.69, 9.17) is 16.7 Å². The van der Waals surface area contributed by atoms with Crippen LogP contribution < -0.4 is 0 Å². The van der Waals surface area contributed by atoms with E-state index in [0.29, 0.717) is 10.6 Å². The Morgan fingerprint density at radius 3 is 2.60 bits per heavy atom. The number of Topliss-reactive ketones (excluding diaryl/α,β-unsaturated/α-hetero) is 1. The fourth-order valence-electron chi connectivity index (χ4n) is 1.09. The van der Waals surface area contributed by atoms with Crippen LogP contribution in [0.3, 0.4) is 0 Å². The summed E-state index contributed by atoms with van der Waals surface area (Å²) < 4.78 is 0. The summed E-state index contributed by atoms with van der Waals surface area (Å²) in [7, 11) is 0. The number of carbonyl (C=O) groups is 2. The monoisotopic (exact) mass is 228 g/mol. The first-order valence-corrected chi connectivity index (χ1v) is 4.58. The minimum Gasteiger partial charge on any atom is -0.475 e. The highest BCUT2D eigenvalue weighted by molar-refractivity contribution is 6.32. The molecule has 0 spiro atoms. The largest absolute Gasteiger partial charge is 0.475 e. The van der Waals surface area contributed by atoms with E-state index in [9.17, 15) is 14.7 Å². The van der Waals surface area contributed by atoms with Crippen molar-refractivity contribution >= 4 is 23.4 Å². The number of aliphatic hydroxyl groups is 1. The molecule has 0 aliphatic heterocycles. The van der Waals surface area contributed by atoms with E-state index >= 15 is 0 Å². The zero-order valence-electron chi connectivity index (χ0n) is 7.68. The topological polar surface area (TPSA) is 74.6 Å². The van der Waals surface area contributed by atoms with Crippen molar-refractivity contribution in [3.8, 4) is 0 Å². The van der Waals surface area contributed by atoms with E-state index in [-0.39, 0.29) is 0 Å². The number of hydrogen-bond donors (Lipinski definition) is 2. The van der Waals surface area contributed by atoms with Crippen molar-refractivity contribution in [1.29, 1.82) is 0 Å². The standard InChI is InChI=1S/C10H9ClO4/c11-7-3-1-2-6(4-7)8(12)5-9(13)10(14)15/h1-4,8,12H,5H2,(H,14,15). The smallest absolute Gasteiger partial charge is 0.372 e. The molecule has 4 nitrogen and oxygen atoms in total. The fourth-order valence-corrected chi connectivity index (χ4v) is 1.29. The number of benzene rings is 1. The van der Waals surface area contributed by atoms with E-state index in [1.807, 2.05) is 0 Å². The van der Waals surface area contributed by atoms with Gasteiger partial charge in [0, 0.05) is 11.4 Å². The lowest BCUT2D eigenvalue weighted by Crippen LogP contribution is -2.16. The Morgan fingerprint density at radius 2 is 2.07 bits per heavy atom. The first-order valence-electron chi connectivity index (χ1n) is 4.20. The van der Waals surface area contributed by atoms with Gasteiger partial charge in [-0.15, -0.1) is 0 Å². The molecule has 2 N–H and O–H groups in total. The number of aliphatic hydroxyl groups excluding tert-OH is 1. The van der Waals surface area contributed by atoms with Crippen molar-refractivity contribution in [2.24, 2.45) is 0 Å². The van der Waals surface area contributed by atoms with Gasteiger partial charge in [0.2, 0.25) is 5.78 Å². The van der Waals surface area contributed by atoms with Crippen LogP contribution >= 0.6 is 11.6 Å². The molecule has 0 saturated heterocycles. The zero-order chi connectivity index (χ0) is 11.4. The third kappa shape index (κ3) is 3.34. The first kappa shape index (κ1) is 11.7. The number of halogens is 1. The summed E-state index contributed by atoms with van der Waals surface area (Å²) in [6.07, 6.45) is -1.58. The maximum absolute atomic E-state index is 10.8. The average molecular weight is 229 g/mol. The number of carboxylic acids is 1. The predicted octanol–water partition coefficient (Wildman–Crippen LogP) is 1.42. The van der Waals surface area contributed by atoms with Gasteiger partial charge in [-0.25, -0.2) is 4.79 Å². The highest BCUT2D eigenvalue weighted by Gasteiger charge is 2.18. The molecule has 1 rings (SSSR count). The second-order valence-corrected chi connectivity index (χ2v) is 3.44.